The fraction of sp³-hybridized carbons (Fsp3) is 0.0909. The van der Waals surface area contributed by atoms with Gasteiger partial charge in [0.2, 0.25) is 0 Å². The molecule has 0 unspecified atom stereocenters. The molecule has 1 aromatic carbocycles. The molecule has 0 radical (unpaired) electrons. The Balaban J connectivity index is 2.07. The number of nitrogens with two attached hydrogens (primary N) is 1. The molecule has 2 rings (SSSR count). The number of amides is 1. The number of aromatic nitrogens is 2. The van der Waals surface area contributed by atoms with Crippen molar-refractivity contribution in [2.45, 2.75) is 6.54 Å². The summed E-state index contributed by atoms with van der Waals surface area (Å²) in [6.45, 7) is 0.208. The molecule has 0 saturated heterocycles. The molecule has 0 bridgehead atoms. The third-order valence-corrected chi connectivity index (χ3v) is 2.21. The zero-order chi connectivity index (χ0) is 12.3. The molecule has 0 saturated carbocycles. The van der Waals surface area contributed by atoms with Gasteiger partial charge in [-0.15, -0.1) is 0 Å². The van der Waals surface area contributed by atoms with E-state index >= 15 is 0 Å². The van der Waals surface area contributed by atoms with E-state index < -0.39 is 11.7 Å². The van der Waals surface area contributed by atoms with E-state index in [0.717, 1.165) is 6.07 Å². The van der Waals surface area contributed by atoms with Gasteiger partial charge in [-0.2, -0.15) is 0 Å². The minimum Gasteiger partial charge on any atom is -0.399 e. The van der Waals surface area contributed by atoms with Gasteiger partial charge in [-0.05, 0) is 18.2 Å². The lowest BCUT2D eigenvalue weighted by atomic mass is 10.2. The second kappa shape index (κ2) is 4.65. The lowest BCUT2D eigenvalue weighted by Crippen LogP contribution is -2.24. The van der Waals surface area contributed by atoms with Gasteiger partial charge in [-0.3, -0.25) is 4.79 Å². The maximum atomic E-state index is 13.3. The molecule has 1 aromatic heterocycles. The molecule has 0 aliphatic rings. The molecule has 88 valence electrons. The van der Waals surface area contributed by atoms with Crippen LogP contribution in [0.25, 0.3) is 0 Å². The number of carbonyl (C=O) groups excluding carboxylic acids is 1. The average Bonchev–Trinajstić information content (AvgIpc) is 2.82. The van der Waals surface area contributed by atoms with Crippen LogP contribution in [0.15, 0.2) is 30.6 Å². The number of nitrogens with zero attached hydrogens (tertiary/aromatic N) is 1. The molecule has 0 spiro atoms. The number of benzene rings is 1. The van der Waals surface area contributed by atoms with Crippen LogP contribution in [-0.2, 0) is 6.54 Å². The van der Waals surface area contributed by atoms with E-state index in [4.69, 9.17) is 5.73 Å². The van der Waals surface area contributed by atoms with Crippen molar-refractivity contribution in [3.05, 3.63) is 47.8 Å². The van der Waals surface area contributed by atoms with Crippen molar-refractivity contribution in [1.82, 2.24) is 15.3 Å². The van der Waals surface area contributed by atoms with E-state index in [1.807, 2.05) is 0 Å². The van der Waals surface area contributed by atoms with Crippen LogP contribution in [0.1, 0.15) is 16.2 Å². The highest BCUT2D eigenvalue weighted by Gasteiger charge is 2.11. The quantitative estimate of drug-likeness (QED) is 0.694. The molecule has 1 amide bonds. The van der Waals surface area contributed by atoms with Crippen molar-refractivity contribution in [3.8, 4) is 0 Å². The smallest absolute Gasteiger partial charge is 0.254 e. The van der Waals surface area contributed by atoms with Crippen LogP contribution in [0.2, 0.25) is 0 Å². The highest BCUT2D eigenvalue weighted by Crippen LogP contribution is 2.11. The molecular weight excluding hydrogens is 223 g/mol. The van der Waals surface area contributed by atoms with Crippen molar-refractivity contribution < 1.29 is 9.18 Å². The number of carbonyl (C=O) groups is 1. The van der Waals surface area contributed by atoms with Gasteiger partial charge in [0.1, 0.15) is 11.6 Å². The molecule has 0 aliphatic carbocycles. The summed E-state index contributed by atoms with van der Waals surface area (Å²) in [5.74, 6) is -0.523. The van der Waals surface area contributed by atoms with E-state index in [2.05, 4.69) is 15.3 Å². The fourth-order valence-corrected chi connectivity index (χ4v) is 1.37. The van der Waals surface area contributed by atoms with E-state index in [1.165, 1.54) is 12.1 Å². The Labute approximate surface area is 96.9 Å². The van der Waals surface area contributed by atoms with Gasteiger partial charge in [0, 0.05) is 18.1 Å². The topological polar surface area (TPSA) is 83.8 Å². The molecule has 2 aromatic rings. The standard InChI is InChI=1S/C11H11FN4O/c12-9-2-1-7(13)5-8(9)11(17)16-6-10-14-3-4-15-10/h1-5H,6,13H2,(H,14,15)(H,16,17). The Morgan fingerprint density at radius 1 is 1.53 bits per heavy atom. The minimum atomic E-state index is -0.601. The van der Waals surface area contributed by atoms with Gasteiger partial charge in [0.05, 0.1) is 12.1 Å². The van der Waals surface area contributed by atoms with Crippen LogP contribution in [0.3, 0.4) is 0 Å². The van der Waals surface area contributed by atoms with E-state index in [9.17, 15) is 9.18 Å². The fourth-order valence-electron chi connectivity index (χ4n) is 1.37. The first-order valence-electron chi connectivity index (χ1n) is 4.98. The molecule has 4 N–H and O–H groups in total. The van der Waals surface area contributed by atoms with Crippen LogP contribution in [-0.4, -0.2) is 15.9 Å². The van der Waals surface area contributed by atoms with E-state index in [1.54, 1.807) is 12.4 Å². The van der Waals surface area contributed by atoms with Crippen LogP contribution in [0.4, 0.5) is 10.1 Å². The van der Waals surface area contributed by atoms with Crippen LogP contribution in [0.5, 0.6) is 0 Å². The van der Waals surface area contributed by atoms with E-state index in [0.29, 0.717) is 11.5 Å². The van der Waals surface area contributed by atoms with Crippen LogP contribution < -0.4 is 11.1 Å². The van der Waals surface area contributed by atoms with Crippen LogP contribution >= 0.6 is 0 Å². The Morgan fingerprint density at radius 2 is 2.35 bits per heavy atom. The summed E-state index contributed by atoms with van der Waals surface area (Å²) in [7, 11) is 0. The zero-order valence-electron chi connectivity index (χ0n) is 8.90. The lowest BCUT2D eigenvalue weighted by molar-refractivity contribution is 0.0946. The first-order valence-corrected chi connectivity index (χ1v) is 4.98. The average molecular weight is 234 g/mol. The first-order chi connectivity index (χ1) is 8.16. The molecule has 1 heterocycles. The number of anilines is 1. The van der Waals surface area contributed by atoms with Crippen molar-refractivity contribution in [1.29, 1.82) is 0 Å². The Bertz CT molecular complexity index is 524. The maximum absolute atomic E-state index is 13.3. The zero-order valence-corrected chi connectivity index (χ0v) is 8.90. The predicted molar refractivity (Wildman–Crippen MR) is 60.6 cm³/mol. The SMILES string of the molecule is Nc1ccc(F)c(C(=O)NCc2ncc[nH]2)c1. The second-order valence-corrected chi connectivity index (χ2v) is 3.46. The molecule has 0 fully saturated rings. The number of hydrogen-bond donors (Lipinski definition) is 3. The van der Waals surface area contributed by atoms with Gasteiger partial charge < -0.3 is 16.0 Å². The highest BCUT2D eigenvalue weighted by atomic mass is 19.1. The third kappa shape index (κ3) is 2.60. The molecular formula is C11H11FN4O. The number of imidazole rings is 1. The Hall–Kier alpha value is -2.37. The molecule has 0 atom stereocenters. The molecule has 17 heavy (non-hydrogen) atoms. The van der Waals surface area contributed by atoms with Crippen LogP contribution in [0, 0.1) is 5.82 Å². The monoisotopic (exact) mass is 234 g/mol. The number of rotatable bonds is 3. The summed E-state index contributed by atoms with van der Waals surface area (Å²) in [5.41, 5.74) is 5.76. The van der Waals surface area contributed by atoms with Gasteiger partial charge in [-0.1, -0.05) is 0 Å². The van der Waals surface area contributed by atoms with Gasteiger partial charge >= 0.3 is 0 Å². The van der Waals surface area contributed by atoms with Crippen molar-refractivity contribution >= 4 is 11.6 Å². The summed E-state index contributed by atoms with van der Waals surface area (Å²) in [4.78, 5) is 18.4. The lowest BCUT2D eigenvalue weighted by Gasteiger charge is -2.05. The number of nitrogen functional groups attached to an aromatic ring is 1. The minimum absolute atomic E-state index is 0.0726. The molecule has 5 nitrogen and oxygen atoms in total. The van der Waals surface area contributed by atoms with Gasteiger partial charge in [0.15, 0.2) is 0 Å². The van der Waals surface area contributed by atoms with Crippen molar-refractivity contribution in [3.63, 3.8) is 0 Å². The summed E-state index contributed by atoms with van der Waals surface area (Å²) < 4.78 is 13.3. The highest BCUT2D eigenvalue weighted by molar-refractivity contribution is 5.95. The summed E-state index contributed by atoms with van der Waals surface area (Å²) >= 11 is 0. The number of halogens is 1. The van der Waals surface area contributed by atoms with Crippen molar-refractivity contribution in [2.24, 2.45) is 0 Å². The summed E-state index contributed by atoms with van der Waals surface area (Å²) in [6, 6.07) is 3.86. The Kier molecular flexibility index (Phi) is 3.04. The molecule has 6 heteroatoms. The third-order valence-electron chi connectivity index (χ3n) is 2.21. The maximum Gasteiger partial charge on any atom is 0.254 e. The van der Waals surface area contributed by atoms with Gasteiger partial charge in [0.25, 0.3) is 5.91 Å². The number of nitrogens with one attached hydrogen (secondary N) is 2. The molecule has 0 aliphatic heterocycles. The summed E-state index contributed by atoms with van der Waals surface area (Å²) in [6.07, 6.45) is 3.21. The summed E-state index contributed by atoms with van der Waals surface area (Å²) in [5, 5.41) is 2.54. The number of hydrogen-bond acceptors (Lipinski definition) is 3. The predicted octanol–water partition coefficient (Wildman–Crippen LogP) is 1.06. The number of aromatic amines is 1. The van der Waals surface area contributed by atoms with Crippen molar-refractivity contribution in [2.75, 3.05) is 5.73 Å². The first kappa shape index (κ1) is 11.1. The normalized spacial score (nSPS) is 10.2. The van der Waals surface area contributed by atoms with E-state index in [-0.39, 0.29) is 12.1 Å². The Morgan fingerprint density at radius 3 is 3.06 bits per heavy atom. The number of H-pyrrole nitrogens is 1. The van der Waals surface area contributed by atoms with Gasteiger partial charge in [-0.25, -0.2) is 9.37 Å². The largest absolute Gasteiger partial charge is 0.399 e. The second-order valence-electron chi connectivity index (χ2n) is 3.46.